The zero-order chi connectivity index (χ0) is 30.2. The molecule has 3 heterocycles. The second-order valence-electron chi connectivity index (χ2n) is 10.2. The molecule has 13 heteroatoms. The van der Waals surface area contributed by atoms with E-state index in [2.05, 4.69) is 15.0 Å². The van der Waals surface area contributed by atoms with Crippen molar-refractivity contribution in [2.75, 3.05) is 6.61 Å². The molecular weight excluding hydrogens is 592 g/mol. The summed E-state index contributed by atoms with van der Waals surface area (Å²) < 4.78 is 71.2. The molecule has 1 fully saturated rings. The van der Waals surface area contributed by atoms with Crippen LogP contribution in [0.2, 0.25) is 0 Å². The SMILES string of the molecule is Cc1ccc(S(=O)(=O)OC[C@H]2O[C@@H](n3cnc4c(-c5ccccc5)ncnc43)C[C@@H]2OS(=O)(=O)c2ccc(C)cc2)cc1. The van der Waals surface area contributed by atoms with Crippen LogP contribution < -0.4 is 0 Å². The average molecular weight is 621 g/mol. The number of hydrogen-bond acceptors (Lipinski definition) is 10. The lowest BCUT2D eigenvalue weighted by molar-refractivity contribution is -0.0323. The Kier molecular flexibility index (Phi) is 7.83. The molecule has 0 unspecified atom stereocenters. The van der Waals surface area contributed by atoms with E-state index >= 15 is 0 Å². The van der Waals surface area contributed by atoms with Crippen LogP contribution in [0.1, 0.15) is 23.8 Å². The highest BCUT2D eigenvalue weighted by atomic mass is 32.2. The van der Waals surface area contributed by atoms with Gasteiger partial charge in [-0.25, -0.2) is 15.0 Å². The highest BCUT2D eigenvalue weighted by molar-refractivity contribution is 7.87. The highest BCUT2D eigenvalue weighted by Crippen LogP contribution is 2.36. The molecule has 1 saturated heterocycles. The molecule has 0 aliphatic carbocycles. The van der Waals surface area contributed by atoms with Crippen molar-refractivity contribution in [2.45, 2.75) is 48.5 Å². The lowest BCUT2D eigenvalue weighted by atomic mass is 10.1. The molecule has 3 atom stereocenters. The zero-order valence-electron chi connectivity index (χ0n) is 23.3. The second-order valence-corrected chi connectivity index (χ2v) is 13.4. The predicted molar refractivity (Wildman–Crippen MR) is 157 cm³/mol. The first-order valence-corrected chi connectivity index (χ1v) is 16.3. The van der Waals surface area contributed by atoms with Crippen LogP contribution >= 0.6 is 0 Å². The summed E-state index contributed by atoms with van der Waals surface area (Å²) in [5.74, 6) is 0. The molecule has 11 nitrogen and oxygen atoms in total. The average Bonchev–Trinajstić information content (AvgIpc) is 3.60. The number of ether oxygens (including phenoxy) is 1. The van der Waals surface area contributed by atoms with Gasteiger partial charge in [-0.1, -0.05) is 65.7 Å². The van der Waals surface area contributed by atoms with Gasteiger partial charge in [0, 0.05) is 12.0 Å². The zero-order valence-corrected chi connectivity index (χ0v) is 24.9. The van der Waals surface area contributed by atoms with E-state index in [1.807, 2.05) is 44.2 Å². The van der Waals surface area contributed by atoms with Gasteiger partial charge in [0.05, 0.1) is 22.7 Å². The van der Waals surface area contributed by atoms with Crippen LogP contribution in [0, 0.1) is 13.8 Å². The fourth-order valence-electron chi connectivity index (χ4n) is 4.85. The first-order chi connectivity index (χ1) is 20.6. The molecular formula is C30H28N4O7S2. The molecule has 222 valence electrons. The Morgan fingerprint density at radius 3 is 2.09 bits per heavy atom. The second kappa shape index (κ2) is 11.6. The van der Waals surface area contributed by atoms with E-state index in [9.17, 15) is 16.8 Å². The van der Waals surface area contributed by atoms with Crippen LogP contribution in [0.5, 0.6) is 0 Å². The van der Waals surface area contributed by atoms with Crippen molar-refractivity contribution in [1.82, 2.24) is 19.5 Å². The van der Waals surface area contributed by atoms with Gasteiger partial charge in [-0.3, -0.25) is 12.9 Å². The Morgan fingerprint density at radius 1 is 0.814 bits per heavy atom. The van der Waals surface area contributed by atoms with Crippen molar-refractivity contribution in [2.24, 2.45) is 0 Å². The third-order valence-corrected chi connectivity index (χ3v) is 9.80. The lowest BCUT2D eigenvalue weighted by Crippen LogP contribution is -2.32. The number of benzene rings is 3. The maximum absolute atomic E-state index is 13.2. The fourth-order valence-corrected chi connectivity index (χ4v) is 6.87. The van der Waals surface area contributed by atoms with Gasteiger partial charge < -0.3 is 4.74 Å². The van der Waals surface area contributed by atoms with Crippen LogP contribution in [0.25, 0.3) is 22.4 Å². The van der Waals surface area contributed by atoms with E-state index < -0.39 is 45.3 Å². The van der Waals surface area contributed by atoms with Gasteiger partial charge in [0.25, 0.3) is 20.2 Å². The van der Waals surface area contributed by atoms with Crippen molar-refractivity contribution in [1.29, 1.82) is 0 Å². The largest absolute Gasteiger partial charge is 0.349 e. The number of nitrogens with zero attached hydrogens (tertiary/aromatic N) is 4. The maximum Gasteiger partial charge on any atom is 0.297 e. The number of fused-ring (bicyclic) bond motifs is 1. The summed E-state index contributed by atoms with van der Waals surface area (Å²) in [7, 11) is -8.37. The van der Waals surface area contributed by atoms with Gasteiger partial charge in [-0.15, -0.1) is 0 Å². The quantitative estimate of drug-likeness (QED) is 0.215. The summed E-state index contributed by atoms with van der Waals surface area (Å²) in [6, 6.07) is 22.0. The van der Waals surface area contributed by atoms with E-state index in [0.717, 1.165) is 16.7 Å². The van der Waals surface area contributed by atoms with Gasteiger partial charge in [0.2, 0.25) is 0 Å². The molecule has 0 amide bonds. The minimum atomic E-state index is -4.22. The van der Waals surface area contributed by atoms with Gasteiger partial charge >= 0.3 is 0 Å². The normalized spacial score (nSPS) is 19.2. The predicted octanol–water partition coefficient (Wildman–Crippen LogP) is 4.58. The van der Waals surface area contributed by atoms with Crippen LogP contribution in [0.15, 0.2) is 101 Å². The maximum atomic E-state index is 13.2. The summed E-state index contributed by atoms with van der Waals surface area (Å²) >= 11 is 0. The number of hydrogen-bond donors (Lipinski definition) is 0. The minimum Gasteiger partial charge on any atom is -0.349 e. The van der Waals surface area contributed by atoms with Crippen LogP contribution in [-0.4, -0.2) is 55.2 Å². The Balaban J connectivity index is 1.30. The Labute approximate surface area is 249 Å². The van der Waals surface area contributed by atoms with Crippen LogP contribution in [-0.2, 0) is 33.3 Å². The van der Waals surface area contributed by atoms with Gasteiger partial charge in [0.15, 0.2) is 5.65 Å². The molecule has 2 aromatic heterocycles. The molecule has 1 aliphatic rings. The first kappa shape index (κ1) is 29.1. The number of rotatable bonds is 9. The first-order valence-electron chi connectivity index (χ1n) is 13.5. The van der Waals surface area contributed by atoms with E-state index in [1.165, 1.54) is 36.9 Å². The van der Waals surface area contributed by atoms with Gasteiger partial charge in [0.1, 0.15) is 36.0 Å². The number of aromatic nitrogens is 4. The summed E-state index contributed by atoms with van der Waals surface area (Å²) in [6.07, 6.45) is 0.101. The van der Waals surface area contributed by atoms with E-state index in [0.29, 0.717) is 16.9 Å². The van der Waals surface area contributed by atoms with E-state index in [4.69, 9.17) is 13.1 Å². The highest BCUT2D eigenvalue weighted by Gasteiger charge is 2.42. The van der Waals surface area contributed by atoms with Gasteiger partial charge in [-0.2, -0.15) is 16.8 Å². The molecule has 5 aromatic rings. The molecule has 0 spiro atoms. The molecule has 0 radical (unpaired) electrons. The Bertz CT molecular complexity index is 1960. The van der Waals surface area contributed by atoms with Crippen molar-refractivity contribution >= 4 is 31.4 Å². The smallest absolute Gasteiger partial charge is 0.297 e. The number of aryl methyl sites for hydroxylation is 2. The van der Waals surface area contributed by atoms with Crippen molar-refractivity contribution in [3.05, 3.63) is 103 Å². The molecule has 0 bridgehead atoms. The van der Waals surface area contributed by atoms with E-state index in [-0.39, 0.29) is 16.2 Å². The van der Waals surface area contributed by atoms with Crippen molar-refractivity contribution < 1.29 is 29.9 Å². The van der Waals surface area contributed by atoms with E-state index in [1.54, 1.807) is 28.8 Å². The monoisotopic (exact) mass is 620 g/mol. The molecule has 43 heavy (non-hydrogen) atoms. The third kappa shape index (κ3) is 6.08. The fraction of sp³-hybridized carbons (Fsp3) is 0.233. The lowest BCUT2D eigenvalue weighted by Gasteiger charge is -2.18. The summed E-state index contributed by atoms with van der Waals surface area (Å²) in [6.45, 7) is 3.21. The summed E-state index contributed by atoms with van der Waals surface area (Å²) in [4.78, 5) is 13.3. The molecule has 0 N–H and O–H groups in total. The topological polar surface area (TPSA) is 140 Å². The molecule has 6 rings (SSSR count). The Morgan fingerprint density at radius 2 is 1.44 bits per heavy atom. The molecule has 1 aliphatic heterocycles. The molecule has 3 aromatic carbocycles. The van der Waals surface area contributed by atoms with Crippen LogP contribution in [0.3, 0.4) is 0 Å². The number of imidazole rings is 1. The molecule has 0 saturated carbocycles. The third-order valence-electron chi connectivity index (χ3n) is 7.15. The van der Waals surface area contributed by atoms with Gasteiger partial charge in [-0.05, 0) is 38.1 Å². The van der Waals surface area contributed by atoms with Crippen molar-refractivity contribution in [3.8, 4) is 11.3 Å². The summed E-state index contributed by atoms with van der Waals surface area (Å²) in [5, 5.41) is 0. The van der Waals surface area contributed by atoms with Crippen LogP contribution in [0.4, 0.5) is 0 Å². The standard InChI is InChI=1S/C30H28N4O7S2/c1-20-8-12-23(13-9-20)42(35,36)39-17-26-25(41-43(37,38)24-14-10-21(2)11-15-24)16-27(40-26)34-19-33-29-28(31-18-32-30(29)34)22-6-4-3-5-7-22/h3-15,18-19,25-27H,16-17H2,1-2H3/t25-,26+,27+/m0/s1. The van der Waals surface area contributed by atoms with Crippen molar-refractivity contribution in [3.63, 3.8) is 0 Å². The summed E-state index contributed by atoms with van der Waals surface area (Å²) in [5.41, 5.74) is 4.25. The Hall–Kier alpha value is -4.01. The minimum absolute atomic E-state index is 0.0249.